The van der Waals surface area contributed by atoms with E-state index < -0.39 is 4.92 Å². The van der Waals surface area contributed by atoms with E-state index in [1.54, 1.807) is 34.1 Å². The van der Waals surface area contributed by atoms with Gasteiger partial charge in [0.2, 0.25) is 0 Å². The van der Waals surface area contributed by atoms with Gasteiger partial charge < -0.3 is 0 Å². The molecule has 2 heterocycles. The molecule has 0 unspecified atom stereocenters. The van der Waals surface area contributed by atoms with Crippen LogP contribution in [-0.2, 0) is 25.1 Å². The number of aromatic nitrogens is 2. The minimum atomic E-state index is -0.401. The second-order valence-electron chi connectivity index (χ2n) is 6.71. The van der Waals surface area contributed by atoms with Crippen LogP contribution in [0, 0.1) is 10.1 Å². The van der Waals surface area contributed by atoms with E-state index in [1.807, 2.05) is 6.07 Å². The fraction of sp³-hybridized carbons (Fsp3) is 0.300. The molecule has 144 valence electrons. The second kappa shape index (κ2) is 7.89. The molecule has 3 aromatic rings. The number of rotatable bonds is 6. The van der Waals surface area contributed by atoms with Gasteiger partial charge in [0, 0.05) is 29.3 Å². The van der Waals surface area contributed by atoms with E-state index in [0.717, 1.165) is 41.5 Å². The summed E-state index contributed by atoms with van der Waals surface area (Å²) in [4.78, 5) is 30.7. The van der Waals surface area contributed by atoms with Gasteiger partial charge in [-0.1, -0.05) is 30.0 Å². The van der Waals surface area contributed by atoms with E-state index in [9.17, 15) is 14.9 Å². The number of aryl methyl sites for hydroxylation is 2. The lowest BCUT2D eigenvalue weighted by Crippen LogP contribution is -2.23. The first-order valence-corrected chi connectivity index (χ1v) is 10.9. The van der Waals surface area contributed by atoms with Gasteiger partial charge in [-0.2, -0.15) is 0 Å². The number of fused-ring (bicyclic) bond motifs is 3. The smallest absolute Gasteiger partial charge is 0.269 e. The van der Waals surface area contributed by atoms with Gasteiger partial charge >= 0.3 is 0 Å². The third-order valence-corrected chi connectivity index (χ3v) is 7.07. The summed E-state index contributed by atoms with van der Waals surface area (Å²) in [6.07, 6.45) is 5.94. The van der Waals surface area contributed by atoms with Crippen LogP contribution in [0.15, 0.2) is 46.9 Å². The van der Waals surface area contributed by atoms with Crippen molar-refractivity contribution >= 4 is 39.0 Å². The number of benzene rings is 1. The Labute approximate surface area is 170 Å². The minimum absolute atomic E-state index is 0.00848. The number of hydrogen-bond donors (Lipinski definition) is 0. The lowest BCUT2D eigenvalue weighted by atomic mass is 9.97. The van der Waals surface area contributed by atoms with Gasteiger partial charge in [0.05, 0.1) is 10.3 Å². The van der Waals surface area contributed by atoms with E-state index in [1.165, 1.54) is 28.3 Å². The van der Waals surface area contributed by atoms with Crippen molar-refractivity contribution in [1.82, 2.24) is 9.55 Å². The maximum atomic E-state index is 13.2. The fourth-order valence-corrected chi connectivity index (χ4v) is 5.78. The Hall–Kier alpha value is -2.45. The average molecular weight is 414 g/mol. The highest BCUT2D eigenvalue weighted by Crippen LogP contribution is 2.35. The van der Waals surface area contributed by atoms with Crippen molar-refractivity contribution in [3.8, 4) is 0 Å². The molecular formula is C20H19N3O3S2. The second-order valence-corrected chi connectivity index (χ2v) is 8.73. The molecule has 4 rings (SSSR count). The fourth-order valence-electron chi connectivity index (χ4n) is 3.53. The van der Waals surface area contributed by atoms with Gasteiger partial charge in [0.25, 0.3) is 11.2 Å². The van der Waals surface area contributed by atoms with Gasteiger partial charge in [0.15, 0.2) is 5.16 Å². The van der Waals surface area contributed by atoms with Gasteiger partial charge in [-0.15, -0.1) is 17.9 Å². The van der Waals surface area contributed by atoms with Crippen molar-refractivity contribution in [3.63, 3.8) is 0 Å². The van der Waals surface area contributed by atoms with Crippen LogP contribution in [0.2, 0.25) is 0 Å². The highest BCUT2D eigenvalue weighted by Gasteiger charge is 2.22. The molecule has 0 aliphatic heterocycles. The van der Waals surface area contributed by atoms with Gasteiger partial charge in [0.1, 0.15) is 4.83 Å². The molecule has 0 atom stereocenters. The summed E-state index contributed by atoms with van der Waals surface area (Å²) in [7, 11) is 0. The number of hydrogen-bond acceptors (Lipinski definition) is 6. The highest BCUT2D eigenvalue weighted by atomic mass is 32.2. The van der Waals surface area contributed by atoms with E-state index in [0.29, 0.717) is 17.5 Å². The van der Waals surface area contributed by atoms with Crippen molar-refractivity contribution < 1.29 is 4.92 Å². The molecule has 0 saturated heterocycles. The first-order chi connectivity index (χ1) is 13.6. The maximum absolute atomic E-state index is 13.2. The molecule has 8 heteroatoms. The van der Waals surface area contributed by atoms with Crippen LogP contribution in [-0.4, -0.2) is 14.5 Å². The molecule has 28 heavy (non-hydrogen) atoms. The zero-order chi connectivity index (χ0) is 19.7. The molecule has 1 aliphatic rings. The zero-order valence-electron chi connectivity index (χ0n) is 15.2. The Morgan fingerprint density at radius 1 is 1.36 bits per heavy atom. The number of thiophene rings is 1. The van der Waals surface area contributed by atoms with E-state index in [-0.39, 0.29) is 11.2 Å². The highest BCUT2D eigenvalue weighted by molar-refractivity contribution is 7.98. The largest absolute Gasteiger partial charge is 0.283 e. The maximum Gasteiger partial charge on any atom is 0.269 e. The number of nitrogens with zero attached hydrogens (tertiary/aromatic N) is 3. The summed E-state index contributed by atoms with van der Waals surface area (Å²) in [5.41, 5.74) is 2.06. The molecule has 1 aliphatic carbocycles. The Bertz CT molecular complexity index is 1130. The molecule has 0 spiro atoms. The zero-order valence-corrected chi connectivity index (χ0v) is 16.9. The topological polar surface area (TPSA) is 78.0 Å². The molecule has 0 bridgehead atoms. The van der Waals surface area contributed by atoms with Crippen molar-refractivity contribution in [2.24, 2.45) is 0 Å². The van der Waals surface area contributed by atoms with Crippen LogP contribution in [0.25, 0.3) is 10.2 Å². The number of thioether (sulfide) groups is 1. The predicted octanol–water partition coefficient (Wildman–Crippen LogP) is 4.72. The van der Waals surface area contributed by atoms with Crippen LogP contribution < -0.4 is 5.56 Å². The summed E-state index contributed by atoms with van der Waals surface area (Å²) in [5.74, 6) is 0.502. The monoisotopic (exact) mass is 413 g/mol. The van der Waals surface area contributed by atoms with E-state index in [2.05, 4.69) is 6.58 Å². The molecule has 0 radical (unpaired) electrons. The molecule has 6 nitrogen and oxygen atoms in total. The molecular weight excluding hydrogens is 394 g/mol. The summed E-state index contributed by atoms with van der Waals surface area (Å²) in [6, 6.07) is 6.56. The third-order valence-electron chi connectivity index (χ3n) is 4.84. The number of non-ortho nitro benzene ring substituents is 1. The first-order valence-electron chi connectivity index (χ1n) is 9.10. The molecule has 0 amide bonds. The number of allylic oxidation sites excluding steroid dienone is 1. The van der Waals surface area contributed by atoms with E-state index in [4.69, 9.17) is 4.98 Å². The summed E-state index contributed by atoms with van der Waals surface area (Å²) >= 11 is 3.05. The standard InChI is InChI=1S/C20H19N3O3S2/c1-2-10-22-19(24)17-15-8-3-4-9-16(15)28-18(17)21-20(22)27-12-13-6-5-7-14(11-13)23(25)26/h2,5-7,11H,1,3-4,8-10,12H2. The normalized spacial score (nSPS) is 13.4. The lowest BCUT2D eigenvalue weighted by Gasteiger charge is -2.12. The summed E-state index contributed by atoms with van der Waals surface area (Å²) in [6.45, 7) is 4.17. The van der Waals surface area contributed by atoms with Crippen molar-refractivity contribution in [2.45, 2.75) is 43.1 Å². The molecule has 0 saturated carbocycles. The van der Waals surface area contributed by atoms with Crippen LogP contribution in [0.3, 0.4) is 0 Å². The molecule has 0 fully saturated rings. The van der Waals surface area contributed by atoms with Crippen molar-refractivity contribution in [2.75, 3.05) is 0 Å². The van der Waals surface area contributed by atoms with Crippen LogP contribution in [0.1, 0.15) is 28.8 Å². The predicted molar refractivity (Wildman–Crippen MR) is 113 cm³/mol. The Kier molecular flexibility index (Phi) is 5.32. The first kappa shape index (κ1) is 18.9. The minimum Gasteiger partial charge on any atom is -0.283 e. The SMILES string of the molecule is C=CCn1c(SCc2cccc([N+](=O)[O-])c2)nc2sc3c(c2c1=O)CCCC3. The Morgan fingerprint density at radius 2 is 2.18 bits per heavy atom. The van der Waals surface area contributed by atoms with Gasteiger partial charge in [-0.25, -0.2) is 4.98 Å². The van der Waals surface area contributed by atoms with Crippen LogP contribution in [0.4, 0.5) is 5.69 Å². The number of nitro groups is 1. The molecule has 1 aromatic carbocycles. The summed E-state index contributed by atoms with van der Waals surface area (Å²) < 4.78 is 1.67. The lowest BCUT2D eigenvalue weighted by molar-refractivity contribution is -0.384. The quantitative estimate of drug-likeness (QED) is 0.192. The average Bonchev–Trinajstić information content (AvgIpc) is 3.07. The van der Waals surface area contributed by atoms with Crippen molar-refractivity contribution in [3.05, 3.63) is 73.4 Å². The van der Waals surface area contributed by atoms with Crippen molar-refractivity contribution in [1.29, 1.82) is 0 Å². The van der Waals surface area contributed by atoms with E-state index >= 15 is 0 Å². The van der Waals surface area contributed by atoms with Gasteiger partial charge in [-0.3, -0.25) is 19.5 Å². The molecule has 2 aromatic heterocycles. The molecule has 0 N–H and O–H groups in total. The summed E-state index contributed by atoms with van der Waals surface area (Å²) in [5, 5.41) is 12.4. The third kappa shape index (κ3) is 3.49. The van der Waals surface area contributed by atoms with Gasteiger partial charge in [-0.05, 0) is 36.8 Å². The Morgan fingerprint density at radius 3 is 2.96 bits per heavy atom. The van der Waals surface area contributed by atoms with Crippen LogP contribution >= 0.6 is 23.1 Å². The number of nitro benzene ring substituents is 1. The Balaban J connectivity index is 1.72. The van der Waals surface area contributed by atoms with Crippen LogP contribution in [0.5, 0.6) is 0 Å².